The zero-order valence-corrected chi connectivity index (χ0v) is 3.73. The monoisotopic (exact) mass is 113 g/mol. The quantitative estimate of drug-likeness (QED) is 0.298. The minimum atomic E-state index is -0.148. The highest BCUT2D eigenvalue weighted by molar-refractivity contribution is 6.01. The molecule has 3 nitrogen and oxygen atoms in total. The Kier molecular flexibility index (Phi) is 2.25. The fourth-order valence-electron chi connectivity index (χ4n) is 0.508. The number of carbonyl (C=O) groups excluding carboxylic acids is 2. The van der Waals surface area contributed by atoms with Gasteiger partial charge in [-0.2, -0.15) is 0 Å². The summed E-state index contributed by atoms with van der Waals surface area (Å²) in [6, 6.07) is 0. The molecule has 0 atom stereocenters. The molecule has 1 aliphatic rings. The minimum absolute atomic E-state index is 0. The first-order valence-corrected chi connectivity index (χ1v) is 2.12. The van der Waals surface area contributed by atoms with Crippen molar-refractivity contribution in [2.45, 2.75) is 12.8 Å². The topological polar surface area (TPSA) is 46.2 Å². The van der Waals surface area contributed by atoms with Crippen LogP contribution in [-0.2, 0) is 9.59 Å². The average molecular weight is 113 g/mol. The minimum Gasteiger partial charge on any atom is -0.296 e. The summed E-state index contributed by atoms with van der Waals surface area (Å²) in [4.78, 5) is 20.2. The summed E-state index contributed by atoms with van der Waals surface area (Å²) in [6.07, 6.45) is 0.748. The van der Waals surface area contributed by atoms with Crippen molar-refractivity contribution < 1.29 is 9.59 Å². The molecule has 0 aliphatic carbocycles. The molecule has 0 aromatic heterocycles. The van der Waals surface area contributed by atoms with Gasteiger partial charge in [0, 0.05) is 12.8 Å². The second kappa shape index (κ2) is 2.50. The first kappa shape index (κ1) is 7.20. The third-order valence-electron chi connectivity index (χ3n) is 0.858. The van der Waals surface area contributed by atoms with Gasteiger partial charge in [-0.05, 0) is 0 Å². The first-order chi connectivity index (χ1) is 3.29. The molecule has 1 heterocycles. The van der Waals surface area contributed by atoms with Crippen LogP contribution in [0.1, 0.15) is 12.8 Å². The van der Waals surface area contributed by atoms with Crippen LogP contribution in [0.15, 0.2) is 0 Å². The van der Waals surface area contributed by atoms with E-state index in [0.717, 1.165) is 0 Å². The summed E-state index contributed by atoms with van der Waals surface area (Å²) in [5.74, 6) is -0.296. The molecule has 44 valence electrons. The van der Waals surface area contributed by atoms with Crippen LogP contribution >= 0.6 is 0 Å². The van der Waals surface area contributed by atoms with Crippen molar-refractivity contribution in [1.82, 2.24) is 5.32 Å². The average Bonchev–Trinajstić information content (AvgIpc) is 1.87. The maximum Gasteiger partial charge on any atom is 0.227 e. The molecule has 1 saturated heterocycles. The Bertz CT molecular complexity index is 109. The number of hydrogen-bond donors (Lipinski definition) is 1. The molecule has 0 unspecified atom stereocenters. The Balaban J connectivity index is 0.000000490. The standard InChI is InChI=1S/C4H5NO2.BH3/c6-3-1-2-4(7)5-3;/h1-2H2,(H,5,6,7);1H3. The Morgan fingerprint density at radius 3 is 1.62 bits per heavy atom. The van der Waals surface area contributed by atoms with Crippen molar-refractivity contribution in [3.8, 4) is 0 Å². The van der Waals surface area contributed by atoms with Gasteiger partial charge in [0.2, 0.25) is 11.8 Å². The molecule has 8 heavy (non-hydrogen) atoms. The molecule has 1 aliphatic heterocycles. The van der Waals surface area contributed by atoms with Crippen molar-refractivity contribution in [2.24, 2.45) is 0 Å². The molecule has 0 saturated carbocycles. The van der Waals surface area contributed by atoms with Gasteiger partial charge in [0.1, 0.15) is 0 Å². The van der Waals surface area contributed by atoms with Crippen molar-refractivity contribution in [3.63, 3.8) is 0 Å². The van der Waals surface area contributed by atoms with Gasteiger partial charge in [-0.15, -0.1) is 0 Å². The maximum absolute atomic E-state index is 10.1. The Morgan fingerprint density at radius 1 is 1.12 bits per heavy atom. The van der Waals surface area contributed by atoms with Gasteiger partial charge in [-0.1, -0.05) is 0 Å². The fourth-order valence-corrected chi connectivity index (χ4v) is 0.508. The van der Waals surface area contributed by atoms with E-state index in [9.17, 15) is 9.59 Å². The smallest absolute Gasteiger partial charge is 0.227 e. The van der Waals surface area contributed by atoms with Crippen molar-refractivity contribution >= 4 is 20.2 Å². The zero-order chi connectivity index (χ0) is 5.28. The summed E-state index contributed by atoms with van der Waals surface area (Å²) in [5.41, 5.74) is 0. The lowest BCUT2D eigenvalue weighted by molar-refractivity contribution is -0.124. The van der Waals surface area contributed by atoms with E-state index in [2.05, 4.69) is 5.32 Å². The summed E-state index contributed by atoms with van der Waals surface area (Å²) in [5, 5.41) is 2.14. The molecule has 1 rings (SSSR count). The number of carbonyl (C=O) groups is 2. The molecule has 1 fully saturated rings. The van der Waals surface area contributed by atoms with E-state index in [1.54, 1.807) is 0 Å². The Hall–Kier alpha value is -0.795. The first-order valence-electron chi connectivity index (χ1n) is 2.12. The lowest BCUT2D eigenvalue weighted by Crippen LogP contribution is -2.18. The molecule has 4 heteroatoms. The third-order valence-corrected chi connectivity index (χ3v) is 0.858. The SMILES string of the molecule is B.O=C1CCC(=O)N1. The molecular weight excluding hydrogens is 105 g/mol. The number of amides is 2. The van der Waals surface area contributed by atoms with Crippen LogP contribution in [0, 0.1) is 0 Å². The molecule has 2 amide bonds. The lowest BCUT2D eigenvalue weighted by atomic mass is 10.4. The molecule has 0 bridgehead atoms. The summed E-state index contributed by atoms with van der Waals surface area (Å²) >= 11 is 0. The second-order valence-electron chi connectivity index (χ2n) is 1.47. The third kappa shape index (κ3) is 1.37. The summed E-state index contributed by atoms with van der Waals surface area (Å²) in [6.45, 7) is 0. The van der Waals surface area contributed by atoms with E-state index in [1.807, 2.05) is 0 Å². The molecule has 0 spiro atoms. The predicted octanol–water partition coefficient (Wildman–Crippen LogP) is -1.76. The summed E-state index contributed by atoms with van der Waals surface area (Å²) in [7, 11) is 0. The number of imide groups is 1. The van der Waals surface area contributed by atoms with E-state index < -0.39 is 0 Å². The zero-order valence-electron chi connectivity index (χ0n) is 3.73. The molecular formula is C4H8BNO2. The highest BCUT2D eigenvalue weighted by atomic mass is 16.2. The number of nitrogens with one attached hydrogen (secondary N) is 1. The molecule has 1 N–H and O–H groups in total. The Morgan fingerprint density at radius 2 is 1.50 bits per heavy atom. The van der Waals surface area contributed by atoms with Crippen molar-refractivity contribution in [3.05, 3.63) is 0 Å². The highest BCUT2D eigenvalue weighted by Crippen LogP contribution is 1.95. The van der Waals surface area contributed by atoms with Gasteiger partial charge < -0.3 is 0 Å². The van der Waals surface area contributed by atoms with E-state index in [0.29, 0.717) is 12.8 Å². The lowest BCUT2D eigenvalue weighted by Gasteiger charge is -1.79. The van der Waals surface area contributed by atoms with Crippen molar-refractivity contribution in [2.75, 3.05) is 0 Å². The highest BCUT2D eigenvalue weighted by Gasteiger charge is 2.15. The van der Waals surface area contributed by atoms with Crippen LogP contribution in [0.2, 0.25) is 0 Å². The van der Waals surface area contributed by atoms with Gasteiger partial charge in [0.15, 0.2) is 0 Å². The van der Waals surface area contributed by atoms with Crippen LogP contribution in [0.5, 0.6) is 0 Å². The van der Waals surface area contributed by atoms with Crippen LogP contribution in [-0.4, -0.2) is 20.2 Å². The van der Waals surface area contributed by atoms with E-state index in [4.69, 9.17) is 0 Å². The predicted molar refractivity (Wildman–Crippen MR) is 32.3 cm³/mol. The van der Waals surface area contributed by atoms with Crippen LogP contribution in [0.4, 0.5) is 0 Å². The Labute approximate surface area is 49.0 Å². The largest absolute Gasteiger partial charge is 0.296 e. The molecule has 0 aromatic carbocycles. The second-order valence-corrected chi connectivity index (χ2v) is 1.47. The van der Waals surface area contributed by atoms with Gasteiger partial charge >= 0.3 is 0 Å². The van der Waals surface area contributed by atoms with Crippen LogP contribution < -0.4 is 5.32 Å². The number of rotatable bonds is 0. The van der Waals surface area contributed by atoms with E-state index in [1.165, 1.54) is 0 Å². The van der Waals surface area contributed by atoms with Crippen LogP contribution in [0.3, 0.4) is 0 Å². The van der Waals surface area contributed by atoms with Gasteiger partial charge in [0.25, 0.3) is 0 Å². The number of hydrogen-bond acceptors (Lipinski definition) is 2. The molecule has 0 radical (unpaired) electrons. The van der Waals surface area contributed by atoms with E-state index >= 15 is 0 Å². The van der Waals surface area contributed by atoms with Crippen molar-refractivity contribution in [1.29, 1.82) is 0 Å². The summed E-state index contributed by atoms with van der Waals surface area (Å²) < 4.78 is 0. The normalized spacial score (nSPS) is 17.5. The van der Waals surface area contributed by atoms with Crippen LogP contribution in [0.25, 0.3) is 0 Å². The molecule has 0 aromatic rings. The van der Waals surface area contributed by atoms with Gasteiger partial charge in [-0.3, -0.25) is 14.9 Å². The van der Waals surface area contributed by atoms with E-state index in [-0.39, 0.29) is 20.2 Å². The maximum atomic E-state index is 10.1. The van der Waals surface area contributed by atoms with Gasteiger partial charge in [0.05, 0.1) is 8.41 Å². The van der Waals surface area contributed by atoms with Gasteiger partial charge in [-0.25, -0.2) is 0 Å². The fraction of sp³-hybridized carbons (Fsp3) is 0.500.